The molecule has 0 unspecified atom stereocenters. The number of hydrogen-bond donors (Lipinski definition) is 3. The number of nitrogens with zero attached hydrogens (tertiary/aromatic N) is 2. The summed E-state index contributed by atoms with van der Waals surface area (Å²) in [7, 11) is -3.84. The molecule has 202 valence electrons. The quantitative estimate of drug-likeness (QED) is 0.374. The second-order valence-corrected chi connectivity index (χ2v) is 12.3. The lowest BCUT2D eigenvalue weighted by molar-refractivity contribution is 0.102. The minimum Gasteiger partial charge on any atom is -0.472 e. The summed E-state index contributed by atoms with van der Waals surface area (Å²) in [5.41, 5.74) is 1.91. The molecule has 11 heteroatoms. The van der Waals surface area contributed by atoms with Gasteiger partial charge < -0.3 is 24.5 Å². The molecule has 10 nitrogen and oxygen atoms in total. The van der Waals surface area contributed by atoms with Crippen LogP contribution in [0.2, 0.25) is 0 Å². The third-order valence-electron chi connectivity index (χ3n) is 8.03. The lowest BCUT2D eigenvalue weighted by Gasteiger charge is -2.35. The number of amides is 1. The molecule has 2 aromatic heterocycles. The van der Waals surface area contributed by atoms with Crippen LogP contribution in [0.1, 0.15) is 55.3 Å². The molecule has 3 N–H and O–H groups in total. The van der Waals surface area contributed by atoms with Gasteiger partial charge in [0.2, 0.25) is 10.0 Å². The summed E-state index contributed by atoms with van der Waals surface area (Å²) in [6.45, 7) is 1.12. The van der Waals surface area contributed by atoms with Gasteiger partial charge in [-0.05, 0) is 80.7 Å². The monoisotopic (exact) mass is 540 g/mol. The van der Waals surface area contributed by atoms with Crippen molar-refractivity contribution < 1.29 is 27.5 Å². The van der Waals surface area contributed by atoms with Crippen molar-refractivity contribution in [3.8, 4) is 5.88 Å². The zero-order valence-electron chi connectivity index (χ0n) is 21.1. The number of benzene rings is 1. The number of carbonyl (C=O) groups is 1. The second-order valence-electron chi connectivity index (χ2n) is 10.6. The van der Waals surface area contributed by atoms with Crippen molar-refractivity contribution in [3.63, 3.8) is 0 Å². The maximum Gasteiger partial charge on any atom is 0.260 e. The molecule has 1 spiro atoms. The summed E-state index contributed by atoms with van der Waals surface area (Å²) in [6.07, 6.45) is 9.22. The number of ether oxygens (including phenoxy) is 1. The molecule has 0 atom stereocenters. The number of sulfonamides is 1. The largest absolute Gasteiger partial charge is 0.472 e. The van der Waals surface area contributed by atoms with E-state index in [1.54, 1.807) is 30.5 Å². The van der Waals surface area contributed by atoms with E-state index in [9.17, 15) is 13.2 Å². The average molecular weight is 541 g/mol. The SMILES string of the molecule is O=C(Nc1cc2ccoc2c(OC2CCC2)n1)c1ccc(S(=O)(=O)NCCO)cc1N1CCC2(CC1)CC2. The van der Waals surface area contributed by atoms with Gasteiger partial charge in [0, 0.05) is 25.0 Å². The fraction of sp³-hybridized carbons (Fsp3) is 0.481. The van der Waals surface area contributed by atoms with Crippen molar-refractivity contribution in [2.24, 2.45) is 5.41 Å². The van der Waals surface area contributed by atoms with Crippen LogP contribution in [0.15, 0.2) is 45.9 Å². The van der Waals surface area contributed by atoms with Crippen LogP contribution in [0, 0.1) is 5.41 Å². The first-order valence-electron chi connectivity index (χ1n) is 13.2. The number of aliphatic hydroxyl groups excluding tert-OH is 1. The van der Waals surface area contributed by atoms with Crippen LogP contribution < -0.4 is 19.7 Å². The van der Waals surface area contributed by atoms with Gasteiger partial charge in [-0.3, -0.25) is 4.79 Å². The number of piperidine rings is 1. The molecule has 6 rings (SSSR count). The van der Waals surface area contributed by atoms with E-state index in [-0.39, 0.29) is 30.1 Å². The summed E-state index contributed by atoms with van der Waals surface area (Å²) in [6, 6.07) is 8.05. The average Bonchev–Trinajstić information content (AvgIpc) is 3.46. The Bertz CT molecular complexity index is 1450. The number of hydrogen-bond acceptors (Lipinski definition) is 8. The van der Waals surface area contributed by atoms with Gasteiger partial charge >= 0.3 is 0 Å². The van der Waals surface area contributed by atoms with E-state index in [1.165, 1.54) is 18.9 Å². The molecular formula is C27H32N4O6S. The van der Waals surface area contributed by atoms with Crippen molar-refractivity contribution in [2.45, 2.75) is 55.9 Å². The third kappa shape index (κ3) is 4.97. The van der Waals surface area contributed by atoms with Gasteiger partial charge in [0.05, 0.1) is 29.0 Å². The predicted octanol–water partition coefficient (Wildman–Crippen LogP) is 3.66. The summed E-state index contributed by atoms with van der Waals surface area (Å²) < 4.78 is 39.6. The van der Waals surface area contributed by atoms with E-state index in [2.05, 4.69) is 19.9 Å². The van der Waals surface area contributed by atoms with Gasteiger partial charge in [-0.1, -0.05) is 0 Å². The predicted molar refractivity (Wildman–Crippen MR) is 142 cm³/mol. The lowest BCUT2D eigenvalue weighted by Crippen LogP contribution is -2.36. The second kappa shape index (κ2) is 9.87. The van der Waals surface area contributed by atoms with Gasteiger partial charge in [0.1, 0.15) is 11.9 Å². The summed E-state index contributed by atoms with van der Waals surface area (Å²) in [4.78, 5) is 20.3. The summed E-state index contributed by atoms with van der Waals surface area (Å²) >= 11 is 0. The first-order chi connectivity index (χ1) is 18.4. The summed E-state index contributed by atoms with van der Waals surface area (Å²) in [5.74, 6) is 0.305. The Hall–Kier alpha value is -3.15. The highest BCUT2D eigenvalue weighted by molar-refractivity contribution is 7.89. The molecular weight excluding hydrogens is 508 g/mol. The first-order valence-corrected chi connectivity index (χ1v) is 14.7. The lowest BCUT2D eigenvalue weighted by atomic mass is 9.93. The van der Waals surface area contributed by atoms with Gasteiger partial charge in [-0.2, -0.15) is 4.98 Å². The highest BCUT2D eigenvalue weighted by Crippen LogP contribution is 2.54. The molecule has 3 aromatic rings. The molecule has 1 aromatic carbocycles. The van der Waals surface area contributed by atoms with Crippen LogP contribution in [-0.4, -0.2) is 56.8 Å². The van der Waals surface area contributed by atoms with E-state index in [1.807, 2.05) is 0 Å². The number of aliphatic hydroxyl groups is 1. The molecule has 1 aliphatic heterocycles. The van der Waals surface area contributed by atoms with Gasteiger partial charge in [0.15, 0.2) is 5.58 Å². The highest BCUT2D eigenvalue weighted by atomic mass is 32.2. The van der Waals surface area contributed by atoms with Crippen molar-refractivity contribution in [2.75, 3.05) is 36.5 Å². The highest BCUT2D eigenvalue weighted by Gasteiger charge is 2.44. The molecule has 1 amide bonds. The maximum absolute atomic E-state index is 13.6. The Morgan fingerprint density at radius 2 is 1.95 bits per heavy atom. The van der Waals surface area contributed by atoms with E-state index >= 15 is 0 Å². The van der Waals surface area contributed by atoms with Crippen molar-refractivity contribution in [1.29, 1.82) is 0 Å². The van der Waals surface area contributed by atoms with Crippen LogP contribution in [-0.2, 0) is 10.0 Å². The van der Waals surface area contributed by atoms with Crippen molar-refractivity contribution >= 4 is 38.4 Å². The van der Waals surface area contributed by atoms with Crippen LogP contribution in [0.25, 0.3) is 11.0 Å². The molecule has 3 aliphatic rings. The standard InChI is InChI=1S/C27H32N4O6S/c32-14-11-28-38(34,35)20-4-5-21(22(17-20)31-12-9-27(7-8-27)10-13-31)25(33)29-23-16-18-6-15-36-24(18)26(30-23)37-19-2-1-3-19/h4-6,15-17,19,28,32H,1-3,7-14H2,(H,29,30,33). The number of fused-ring (bicyclic) bond motifs is 1. The minimum absolute atomic E-state index is 0.0540. The fourth-order valence-electron chi connectivity index (χ4n) is 5.21. The van der Waals surface area contributed by atoms with Crippen LogP contribution in [0.5, 0.6) is 5.88 Å². The number of nitrogens with one attached hydrogen (secondary N) is 2. The molecule has 3 heterocycles. The molecule has 38 heavy (non-hydrogen) atoms. The van der Waals surface area contributed by atoms with Gasteiger partial charge in [-0.15, -0.1) is 0 Å². The third-order valence-corrected chi connectivity index (χ3v) is 9.48. The first kappa shape index (κ1) is 25.1. The molecule has 1 saturated heterocycles. The number of anilines is 2. The Morgan fingerprint density at radius 1 is 1.16 bits per heavy atom. The van der Waals surface area contributed by atoms with E-state index in [0.717, 1.165) is 50.6 Å². The molecule has 2 aliphatic carbocycles. The maximum atomic E-state index is 13.6. The van der Waals surface area contributed by atoms with E-state index < -0.39 is 10.0 Å². The Kier molecular flexibility index (Phi) is 6.53. The Balaban J connectivity index is 1.30. The van der Waals surface area contributed by atoms with Gasteiger partial charge in [0.25, 0.3) is 11.8 Å². The molecule has 3 fully saturated rings. The smallest absolute Gasteiger partial charge is 0.260 e. The van der Waals surface area contributed by atoms with Crippen LogP contribution in [0.4, 0.5) is 11.5 Å². The summed E-state index contributed by atoms with van der Waals surface area (Å²) in [5, 5.41) is 12.7. The molecule has 0 bridgehead atoms. The minimum atomic E-state index is -3.84. The van der Waals surface area contributed by atoms with E-state index in [4.69, 9.17) is 14.3 Å². The normalized spacial score (nSPS) is 18.9. The molecule has 0 radical (unpaired) electrons. The van der Waals surface area contributed by atoms with Crippen LogP contribution in [0.3, 0.4) is 0 Å². The topological polar surface area (TPSA) is 134 Å². The zero-order valence-corrected chi connectivity index (χ0v) is 21.9. The van der Waals surface area contributed by atoms with Crippen LogP contribution >= 0.6 is 0 Å². The van der Waals surface area contributed by atoms with Crippen molar-refractivity contribution in [3.05, 3.63) is 42.2 Å². The Morgan fingerprint density at radius 3 is 2.63 bits per heavy atom. The molecule has 2 saturated carbocycles. The number of rotatable bonds is 9. The van der Waals surface area contributed by atoms with E-state index in [0.29, 0.717) is 33.9 Å². The van der Waals surface area contributed by atoms with Crippen molar-refractivity contribution in [1.82, 2.24) is 9.71 Å². The Labute approximate surface area is 221 Å². The zero-order chi connectivity index (χ0) is 26.3. The fourth-order valence-corrected chi connectivity index (χ4v) is 6.26. The number of furan rings is 1. The van der Waals surface area contributed by atoms with Gasteiger partial charge in [-0.25, -0.2) is 13.1 Å². The number of aromatic nitrogens is 1. The number of pyridine rings is 1. The number of carbonyl (C=O) groups excluding carboxylic acids is 1.